The minimum Gasteiger partial charge on any atom is -0.478 e. The van der Waals surface area contributed by atoms with Gasteiger partial charge < -0.3 is 9.84 Å². The third-order valence-corrected chi connectivity index (χ3v) is 1.82. The molecule has 0 heterocycles. The summed E-state index contributed by atoms with van der Waals surface area (Å²) < 4.78 is 4.88. The first-order chi connectivity index (χ1) is 6.93. The first-order valence-electron chi connectivity index (χ1n) is 5.01. The molecule has 0 fully saturated rings. The molecule has 0 atom stereocenters. The van der Waals surface area contributed by atoms with Gasteiger partial charge in [-0.1, -0.05) is 12.1 Å². The Labute approximate surface area is 91.5 Å². The van der Waals surface area contributed by atoms with Gasteiger partial charge in [-0.3, -0.25) is 0 Å². The van der Waals surface area contributed by atoms with E-state index in [0.717, 1.165) is 18.9 Å². The van der Waals surface area contributed by atoms with Gasteiger partial charge in [0.05, 0.1) is 22.3 Å². The van der Waals surface area contributed by atoms with Crippen LogP contribution in [0.25, 0.3) is 0 Å². The van der Waals surface area contributed by atoms with E-state index in [-0.39, 0.29) is 5.57 Å². The Balaban J connectivity index is 3.79. The summed E-state index contributed by atoms with van der Waals surface area (Å²) in [5, 5.41) is 8.39. The lowest BCUT2D eigenvalue weighted by Crippen LogP contribution is -2.09. The highest BCUT2D eigenvalue weighted by molar-refractivity contribution is 6.35. The number of carboxylic acid groups (broad SMARTS) is 1. The average Bonchev–Trinajstić information content (AvgIpc) is 2.10. The zero-order valence-electron chi connectivity index (χ0n) is 9.45. The van der Waals surface area contributed by atoms with Crippen LogP contribution in [0.2, 0.25) is 5.72 Å². The summed E-state index contributed by atoms with van der Waals surface area (Å²) in [5.41, 5.74) is 0.700. The van der Waals surface area contributed by atoms with E-state index in [0.29, 0.717) is 12.3 Å². The first kappa shape index (κ1) is 13.8. The van der Waals surface area contributed by atoms with Gasteiger partial charge in [-0.2, -0.15) is 0 Å². The Bertz CT molecular complexity index is 261. The normalized spacial score (nSPS) is 11.5. The summed E-state index contributed by atoms with van der Waals surface area (Å²) in [6, 6.07) is 0. The first-order valence-corrected chi connectivity index (χ1v) is 5.01. The summed E-state index contributed by atoms with van der Waals surface area (Å²) in [5.74, 6) is -1.69. The molecule has 0 radical (unpaired) electrons. The molecule has 0 unspecified atom stereocenters. The Kier molecular flexibility index (Phi) is 6.58. The van der Waals surface area contributed by atoms with Crippen molar-refractivity contribution in [2.24, 2.45) is 0 Å². The van der Waals surface area contributed by atoms with Crippen LogP contribution < -0.4 is 0 Å². The van der Waals surface area contributed by atoms with Crippen molar-refractivity contribution in [2.75, 3.05) is 6.61 Å². The SMILES string of the molecule is BC(B)CCCOC(=O)/C(C)=C/C(=O)O. The Hall–Kier alpha value is -1.19. The van der Waals surface area contributed by atoms with Crippen molar-refractivity contribution < 1.29 is 19.4 Å². The van der Waals surface area contributed by atoms with Gasteiger partial charge in [0.2, 0.25) is 0 Å². The van der Waals surface area contributed by atoms with Gasteiger partial charge in [-0.25, -0.2) is 9.59 Å². The van der Waals surface area contributed by atoms with Gasteiger partial charge in [0, 0.05) is 11.6 Å². The quantitative estimate of drug-likeness (QED) is 0.274. The lowest BCUT2D eigenvalue weighted by molar-refractivity contribution is -0.140. The van der Waals surface area contributed by atoms with Crippen LogP contribution in [0.1, 0.15) is 19.8 Å². The molecule has 0 aromatic rings. The Morgan fingerprint density at radius 2 is 2.07 bits per heavy atom. The molecule has 4 nitrogen and oxygen atoms in total. The van der Waals surface area contributed by atoms with Crippen LogP contribution in [-0.2, 0) is 14.3 Å². The molecule has 1 N–H and O–H groups in total. The summed E-state index contributed by atoms with van der Waals surface area (Å²) >= 11 is 0. The number of carboxylic acids is 1. The van der Waals surface area contributed by atoms with Crippen molar-refractivity contribution in [2.45, 2.75) is 25.5 Å². The van der Waals surface area contributed by atoms with E-state index in [1.807, 2.05) is 0 Å². The molecular formula is C9H16B2O4. The van der Waals surface area contributed by atoms with Crippen LogP contribution in [0.3, 0.4) is 0 Å². The maximum absolute atomic E-state index is 11.2. The zero-order valence-corrected chi connectivity index (χ0v) is 9.45. The molecule has 0 aromatic carbocycles. The van der Waals surface area contributed by atoms with Crippen molar-refractivity contribution in [3.05, 3.63) is 11.6 Å². The molecule has 0 aromatic heterocycles. The predicted octanol–water partition coefficient (Wildman–Crippen LogP) is -0.647. The second-order valence-corrected chi connectivity index (χ2v) is 3.84. The topological polar surface area (TPSA) is 63.6 Å². The van der Waals surface area contributed by atoms with Gasteiger partial charge in [0.25, 0.3) is 0 Å². The molecule has 0 saturated carbocycles. The molecule has 0 saturated heterocycles. The predicted molar refractivity (Wildman–Crippen MR) is 62.4 cm³/mol. The van der Waals surface area contributed by atoms with E-state index in [2.05, 4.69) is 15.7 Å². The van der Waals surface area contributed by atoms with Crippen molar-refractivity contribution >= 4 is 27.6 Å². The van der Waals surface area contributed by atoms with E-state index < -0.39 is 11.9 Å². The fourth-order valence-corrected chi connectivity index (χ4v) is 1.01. The number of aliphatic carboxylic acids is 1. The van der Waals surface area contributed by atoms with Gasteiger partial charge in [-0.05, 0) is 13.3 Å². The van der Waals surface area contributed by atoms with E-state index in [9.17, 15) is 9.59 Å². The summed E-state index contributed by atoms with van der Waals surface area (Å²) in [4.78, 5) is 21.4. The van der Waals surface area contributed by atoms with Gasteiger partial charge >= 0.3 is 11.9 Å². The van der Waals surface area contributed by atoms with E-state index in [1.165, 1.54) is 6.92 Å². The molecule has 0 aliphatic carbocycles. The fourth-order valence-electron chi connectivity index (χ4n) is 1.01. The molecule has 0 aliphatic heterocycles. The number of carbonyl (C=O) groups excluding carboxylic acids is 1. The number of hydrogen-bond donors (Lipinski definition) is 1. The second kappa shape index (κ2) is 7.15. The Morgan fingerprint density at radius 3 is 2.53 bits per heavy atom. The van der Waals surface area contributed by atoms with E-state index >= 15 is 0 Å². The van der Waals surface area contributed by atoms with Gasteiger partial charge in [-0.15, -0.1) is 0 Å². The summed E-state index contributed by atoms with van der Waals surface area (Å²) in [6.07, 6.45) is 2.66. The molecule has 0 aliphatic rings. The maximum Gasteiger partial charge on any atom is 0.333 e. The van der Waals surface area contributed by atoms with E-state index in [1.54, 1.807) is 0 Å². The van der Waals surface area contributed by atoms with Crippen molar-refractivity contribution in [1.82, 2.24) is 0 Å². The number of hydrogen-bond acceptors (Lipinski definition) is 3. The smallest absolute Gasteiger partial charge is 0.333 e. The molecule has 82 valence electrons. The molecule has 0 amide bonds. The number of ether oxygens (including phenoxy) is 1. The minimum atomic E-state index is -1.13. The third kappa shape index (κ3) is 7.85. The number of esters is 1. The molecule has 15 heavy (non-hydrogen) atoms. The zero-order chi connectivity index (χ0) is 11.8. The van der Waals surface area contributed by atoms with Crippen LogP contribution in [0.15, 0.2) is 11.6 Å². The Morgan fingerprint density at radius 1 is 1.47 bits per heavy atom. The van der Waals surface area contributed by atoms with Gasteiger partial charge in [0.15, 0.2) is 0 Å². The fraction of sp³-hybridized carbons (Fsp3) is 0.556. The summed E-state index contributed by atoms with van der Waals surface area (Å²) in [7, 11) is 4.19. The van der Waals surface area contributed by atoms with Crippen molar-refractivity contribution in [3.8, 4) is 0 Å². The number of rotatable bonds is 6. The lowest BCUT2D eigenvalue weighted by Gasteiger charge is -2.05. The largest absolute Gasteiger partial charge is 0.478 e. The molecule has 0 spiro atoms. The maximum atomic E-state index is 11.2. The number of carbonyl (C=O) groups is 2. The highest BCUT2D eigenvalue weighted by Gasteiger charge is 2.07. The third-order valence-electron chi connectivity index (χ3n) is 1.82. The van der Waals surface area contributed by atoms with E-state index in [4.69, 9.17) is 9.84 Å². The monoisotopic (exact) mass is 210 g/mol. The second-order valence-electron chi connectivity index (χ2n) is 3.84. The van der Waals surface area contributed by atoms with Crippen molar-refractivity contribution in [1.29, 1.82) is 0 Å². The van der Waals surface area contributed by atoms with Crippen molar-refractivity contribution in [3.63, 3.8) is 0 Å². The summed E-state index contributed by atoms with van der Waals surface area (Å²) in [6.45, 7) is 1.78. The highest BCUT2D eigenvalue weighted by Crippen LogP contribution is 2.04. The van der Waals surface area contributed by atoms with Gasteiger partial charge in [0.1, 0.15) is 0 Å². The molecule has 0 rings (SSSR count). The van der Waals surface area contributed by atoms with Crippen LogP contribution in [0.4, 0.5) is 0 Å². The van der Waals surface area contributed by atoms with Crippen LogP contribution in [0.5, 0.6) is 0 Å². The highest BCUT2D eigenvalue weighted by atomic mass is 16.5. The molecule has 0 bridgehead atoms. The standard InChI is InChI=1S/C9H16B2O4/c1-6(5-8(12)13)9(14)15-4-2-3-7(10)11/h5,7H,2-4,10-11H2,1H3,(H,12,13)/b6-5+. The lowest BCUT2D eigenvalue weighted by atomic mass is 9.68. The van der Waals surface area contributed by atoms with Crippen LogP contribution in [0, 0.1) is 0 Å². The average molecular weight is 210 g/mol. The van der Waals surface area contributed by atoms with Crippen LogP contribution >= 0.6 is 0 Å². The molecular weight excluding hydrogens is 194 g/mol. The van der Waals surface area contributed by atoms with Crippen LogP contribution in [-0.4, -0.2) is 39.3 Å². The minimum absolute atomic E-state index is 0.118. The molecule has 6 heteroatoms.